The lowest BCUT2D eigenvalue weighted by atomic mass is 9.80. The van der Waals surface area contributed by atoms with Crippen LogP contribution in [0.3, 0.4) is 0 Å². The van der Waals surface area contributed by atoms with Gasteiger partial charge in [-0.25, -0.2) is 8.78 Å². The van der Waals surface area contributed by atoms with E-state index in [2.05, 4.69) is 5.32 Å². The molecule has 0 amide bonds. The van der Waals surface area contributed by atoms with E-state index in [1.807, 2.05) is 0 Å². The number of benzene rings is 1. The van der Waals surface area contributed by atoms with Crippen LogP contribution in [-0.4, -0.2) is 19.6 Å². The topological polar surface area (TPSA) is 21.3 Å². The number of halogens is 2. The van der Waals surface area contributed by atoms with Crippen molar-refractivity contribution >= 4 is 0 Å². The highest BCUT2D eigenvalue weighted by Gasteiger charge is 2.52. The first-order valence-electron chi connectivity index (χ1n) is 5.77. The summed E-state index contributed by atoms with van der Waals surface area (Å²) in [5.74, 6) is -2.05. The van der Waals surface area contributed by atoms with E-state index in [1.165, 1.54) is 0 Å². The minimum Gasteiger partial charge on any atom is -0.497 e. The van der Waals surface area contributed by atoms with E-state index in [9.17, 15) is 8.78 Å². The van der Waals surface area contributed by atoms with Crippen molar-refractivity contribution in [2.75, 3.05) is 13.7 Å². The van der Waals surface area contributed by atoms with Crippen LogP contribution in [-0.2, 0) is 5.54 Å². The molecule has 1 aromatic carbocycles. The molecular weight excluding hydrogens is 224 g/mol. The Kier molecular flexibility index (Phi) is 3.08. The van der Waals surface area contributed by atoms with Gasteiger partial charge in [0.2, 0.25) is 0 Å². The third-order valence-electron chi connectivity index (χ3n) is 3.54. The first kappa shape index (κ1) is 12.3. The zero-order valence-electron chi connectivity index (χ0n) is 10.1. The smallest absolute Gasteiger partial charge is 0.269 e. The monoisotopic (exact) mass is 241 g/mol. The quantitative estimate of drug-likeness (QED) is 0.859. The molecule has 4 heteroatoms. The third-order valence-corrected chi connectivity index (χ3v) is 3.54. The molecule has 1 saturated heterocycles. The number of hydrogen-bond acceptors (Lipinski definition) is 2. The standard InChI is InChI=1S/C13H17F2NO/c1-12(13(14,15)8-3-9-16-12)10-4-6-11(17-2)7-5-10/h4-7,16H,3,8-9H2,1-2H3. The lowest BCUT2D eigenvalue weighted by Crippen LogP contribution is -2.57. The summed E-state index contributed by atoms with van der Waals surface area (Å²) in [6, 6.07) is 6.83. The molecule has 94 valence electrons. The van der Waals surface area contributed by atoms with Gasteiger partial charge in [0.25, 0.3) is 5.92 Å². The summed E-state index contributed by atoms with van der Waals surface area (Å²) in [7, 11) is 1.56. The van der Waals surface area contributed by atoms with Crippen LogP contribution in [0.1, 0.15) is 25.3 Å². The summed E-state index contributed by atoms with van der Waals surface area (Å²) in [5, 5.41) is 2.95. The number of hydrogen-bond donors (Lipinski definition) is 1. The molecule has 1 aliphatic rings. The van der Waals surface area contributed by atoms with E-state index in [0.717, 1.165) is 0 Å². The highest BCUT2D eigenvalue weighted by molar-refractivity contribution is 5.33. The zero-order valence-corrected chi connectivity index (χ0v) is 10.1. The van der Waals surface area contributed by atoms with Crippen LogP contribution in [0.15, 0.2) is 24.3 Å². The minimum atomic E-state index is -2.72. The Balaban J connectivity index is 2.35. The van der Waals surface area contributed by atoms with Crippen molar-refractivity contribution in [1.29, 1.82) is 0 Å². The first-order chi connectivity index (χ1) is 7.99. The molecule has 1 aromatic rings. The summed E-state index contributed by atoms with van der Waals surface area (Å²) >= 11 is 0. The molecule has 0 aliphatic carbocycles. The maximum Gasteiger partial charge on any atom is 0.269 e. The number of rotatable bonds is 2. The molecule has 2 rings (SSSR count). The Morgan fingerprint density at radius 1 is 1.24 bits per heavy atom. The number of methoxy groups -OCH3 is 1. The minimum absolute atomic E-state index is 0.0669. The van der Waals surface area contributed by atoms with Gasteiger partial charge in [-0.3, -0.25) is 0 Å². The zero-order chi connectivity index (χ0) is 12.5. The largest absolute Gasteiger partial charge is 0.497 e. The van der Waals surface area contributed by atoms with Gasteiger partial charge in [-0.2, -0.15) is 0 Å². The second-order valence-electron chi connectivity index (χ2n) is 4.59. The van der Waals surface area contributed by atoms with E-state index < -0.39 is 11.5 Å². The van der Waals surface area contributed by atoms with Crippen molar-refractivity contribution in [1.82, 2.24) is 5.32 Å². The van der Waals surface area contributed by atoms with Crippen molar-refractivity contribution in [2.45, 2.75) is 31.2 Å². The lowest BCUT2D eigenvalue weighted by molar-refractivity contribution is -0.110. The molecule has 1 fully saturated rings. The van der Waals surface area contributed by atoms with Gasteiger partial charge in [0.1, 0.15) is 11.3 Å². The maximum atomic E-state index is 14.0. The highest BCUT2D eigenvalue weighted by Crippen LogP contribution is 2.43. The van der Waals surface area contributed by atoms with E-state index in [0.29, 0.717) is 24.3 Å². The molecular formula is C13H17F2NO. The van der Waals surface area contributed by atoms with Crippen LogP contribution >= 0.6 is 0 Å². The number of alkyl halides is 2. The SMILES string of the molecule is COc1ccc(C2(C)NCCCC2(F)F)cc1. The molecule has 1 heterocycles. The van der Waals surface area contributed by atoms with Gasteiger partial charge in [-0.05, 0) is 37.6 Å². The number of nitrogens with one attached hydrogen (secondary N) is 1. The molecule has 1 N–H and O–H groups in total. The first-order valence-corrected chi connectivity index (χ1v) is 5.77. The van der Waals surface area contributed by atoms with Crippen LogP contribution < -0.4 is 10.1 Å². The van der Waals surface area contributed by atoms with E-state index in [1.54, 1.807) is 38.3 Å². The van der Waals surface area contributed by atoms with Crippen LogP contribution in [0.4, 0.5) is 8.78 Å². The molecule has 0 saturated carbocycles. The summed E-state index contributed by atoms with van der Waals surface area (Å²) in [6.07, 6.45) is 0.446. The Morgan fingerprint density at radius 3 is 2.41 bits per heavy atom. The van der Waals surface area contributed by atoms with Crippen LogP contribution in [0.25, 0.3) is 0 Å². The number of piperidine rings is 1. The van der Waals surface area contributed by atoms with Crippen LogP contribution in [0.2, 0.25) is 0 Å². The second-order valence-corrected chi connectivity index (χ2v) is 4.59. The molecule has 1 unspecified atom stereocenters. The third kappa shape index (κ3) is 2.02. The van der Waals surface area contributed by atoms with Gasteiger partial charge < -0.3 is 10.1 Å². The van der Waals surface area contributed by atoms with Gasteiger partial charge in [0, 0.05) is 6.42 Å². The van der Waals surface area contributed by atoms with Gasteiger partial charge in [0.15, 0.2) is 0 Å². The summed E-state index contributed by atoms with van der Waals surface area (Å²) in [5.41, 5.74) is -0.680. The molecule has 1 aliphatic heterocycles. The molecule has 2 nitrogen and oxygen atoms in total. The fourth-order valence-electron chi connectivity index (χ4n) is 2.27. The summed E-state index contributed by atoms with van der Waals surface area (Å²) in [4.78, 5) is 0. The molecule has 0 bridgehead atoms. The predicted molar refractivity (Wildman–Crippen MR) is 62.5 cm³/mol. The fraction of sp³-hybridized carbons (Fsp3) is 0.538. The van der Waals surface area contributed by atoms with Crippen molar-refractivity contribution in [3.05, 3.63) is 29.8 Å². The van der Waals surface area contributed by atoms with Crippen LogP contribution in [0, 0.1) is 0 Å². The van der Waals surface area contributed by atoms with E-state index >= 15 is 0 Å². The summed E-state index contributed by atoms with van der Waals surface area (Å²) < 4.78 is 33.1. The van der Waals surface area contributed by atoms with Crippen LogP contribution in [0.5, 0.6) is 5.75 Å². The summed E-state index contributed by atoms with van der Waals surface area (Å²) in [6.45, 7) is 2.19. The van der Waals surface area contributed by atoms with Gasteiger partial charge in [0.05, 0.1) is 7.11 Å². The highest BCUT2D eigenvalue weighted by atomic mass is 19.3. The normalized spacial score (nSPS) is 27.8. The van der Waals surface area contributed by atoms with Gasteiger partial charge >= 0.3 is 0 Å². The van der Waals surface area contributed by atoms with Gasteiger partial charge in [-0.15, -0.1) is 0 Å². The second kappa shape index (κ2) is 4.26. The predicted octanol–water partition coefficient (Wildman–Crippen LogP) is 2.93. The maximum absolute atomic E-state index is 14.0. The van der Waals surface area contributed by atoms with Crippen molar-refractivity contribution in [2.24, 2.45) is 0 Å². The Morgan fingerprint density at radius 2 is 1.88 bits per heavy atom. The number of ether oxygens (including phenoxy) is 1. The Bertz CT molecular complexity index is 391. The molecule has 1 atom stereocenters. The Hall–Kier alpha value is -1.16. The van der Waals surface area contributed by atoms with Crippen molar-refractivity contribution in [3.63, 3.8) is 0 Å². The molecule has 0 radical (unpaired) electrons. The van der Waals surface area contributed by atoms with Gasteiger partial charge in [-0.1, -0.05) is 12.1 Å². The van der Waals surface area contributed by atoms with E-state index in [-0.39, 0.29) is 6.42 Å². The average molecular weight is 241 g/mol. The van der Waals surface area contributed by atoms with Crippen molar-refractivity contribution in [3.8, 4) is 5.75 Å². The lowest BCUT2D eigenvalue weighted by Gasteiger charge is -2.42. The Labute approximate surface area is 100.0 Å². The molecule has 17 heavy (non-hydrogen) atoms. The fourth-order valence-corrected chi connectivity index (χ4v) is 2.27. The van der Waals surface area contributed by atoms with E-state index in [4.69, 9.17) is 4.74 Å². The average Bonchev–Trinajstić information content (AvgIpc) is 2.33. The van der Waals surface area contributed by atoms with Crippen molar-refractivity contribution < 1.29 is 13.5 Å². The molecule has 0 spiro atoms. The molecule has 0 aromatic heterocycles.